The molecule has 1 heterocycles. The SMILES string of the molecule is Cc1cc(C(=O)NC2C3C=C(C(=O)C4=CC=C(F)[C@@H]5CC45)C=C[C@H]32)c(C)n1-c1ccccc1C(F)(F)F. The van der Waals surface area contributed by atoms with Gasteiger partial charge in [-0.05, 0) is 50.5 Å². The molecule has 4 nitrogen and oxygen atoms in total. The van der Waals surface area contributed by atoms with Crippen molar-refractivity contribution in [1.29, 1.82) is 0 Å². The summed E-state index contributed by atoms with van der Waals surface area (Å²) in [6.07, 6.45) is 4.63. The number of alkyl halides is 3. The number of nitrogens with one attached hydrogen (secondary N) is 1. The Morgan fingerprint density at radius 1 is 1.05 bits per heavy atom. The van der Waals surface area contributed by atoms with Gasteiger partial charge < -0.3 is 9.88 Å². The molecule has 0 bridgehead atoms. The lowest BCUT2D eigenvalue weighted by Gasteiger charge is -2.16. The molecular formula is C29H24F4N2O2. The maximum absolute atomic E-state index is 13.7. The van der Waals surface area contributed by atoms with Crippen LogP contribution in [0.3, 0.4) is 0 Å². The minimum absolute atomic E-state index is 0.0252. The van der Waals surface area contributed by atoms with Gasteiger partial charge in [-0.1, -0.05) is 36.4 Å². The topological polar surface area (TPSA) is 51.1 Å². The number of hydrogen-bond donors (Lipinski definition) is 1. The molecule has 2 aromatic rings. The zero-order chi connectivity index (χ0) is 26.2. The van der Waals surface area contributed by atoms with Crippen LogP contribution in [0.4, 0.5) is 17.6 Å². The molecule has 0 saturated heterocycles. The fourth-order valence-corrected chi connectivity index (χ4v) is 5.82. The van der Waals surface area contributed by atoms with Crippen LogP contribution in [-0.4, -0.2) is 22.3 Å². The minimum Gasteiger partial charge on any atom is -0.348 e. The van der Waals surface area contributed by atoms with Gasteiger partial charge in [-0.15, -0.1) is 0 Å². The van der Waals surface area contributed by atoms with E-state index >= 15 is 0 Å². The van der Waals surface area contributed by atoms with Crippen molar-refractivity contribution in [2.45, 2.75) is 32.5 Å². The Morgan fingerprint density at radius 3 is 2.57 bits per heavy atom. The third kappa shape index (κ3) is 3.90. The summed E-state index contributed by atoms with van der Waals surface area (Å²) in [7, 11) is 0. The molecule has 190 valence electrons. The number of benzene rings is 1. The third-order valence-corrected chi connectivity index (χ3v) is 7.92. The molecule has 2 saturated carbocycles. The summed E-state index contributed by atoms with van der Waals surface area (Å²) in [6, 6.07) is 6.69. The van der Waals surface area contributed by atoms with Gasteiger partial charge in [0.1, 0.15) is 5.83 Å². The number of para-hydroxylation sites is 1. The molecule has 3 unspecified atom stereocenters. The molecule has 4 aliphatic rings. The van der Waals surface area contributed by atoms with Crippen molar-refractivity contribution in [2.24, 2.45) is 23.7 Å². The molecule has 5 atom stereocenters. The second-order valence-corrected chi connectivity index (χ2v) is 10.2. The van der Waals surface area contributed by atoms with Gasteiger partial charge in [-0.3, -0.25) is 9.59 Å². The Bertz CT molecular complexity index is 1470. The van der Waals surface area contributed by atoms with Crippen LogP contribution in [-0.2, 0) is 11.0 Å². The van der Waals surface area contributed by atoms with E-state index in [1.165, 1.54) is 28.8 Å². The van der Waals surface area contributed by atoms with Gasteiger partial charge in [0, 0.05) is 46.3 Å². The standard InChI is InChI=1S/C29H24F4N2O2/c1-14-11-19(15(2)35(14)25-6-4-3-5-23(25)29(31,32)33)28(37)34-26-17-8-7-16(12-22(17)26)27(36)18-9-10-24(30)21-13-20(18)21/h3-12,17,20-22,26H,13H2,1-2H3,(H,34,37)/t17-,20?,21-,22?,26?/m1/s1. The van der Waals surface area contributed by atoms with Gasteiger partial charge in [0.05, 0.1) is 16.8 Å². The number of aromatic nitrogens is 1. The average molecular weight is 509 g/mol. The zero-order valence-electron chi connectivity index (χ0n) is 20.1. The average Bonchev–Trinajstić information content (AvgIpc) is 3.76. The predicted molar refractivity (Wildman–Crippen MR) is 130 cm³/mol. The second-order valence-electron chi connectivity index (χ2n) is 10.2. The normalized spacial score (nSPS) is 27.4. The van der Waals surface area contributed by atoms with Crippen molar-refractivity contribution < 1.29 is 27.2 Å². The van der Waals surface area contributed by atoms with E-state index in [1.54, 1.807) is 32.1 Å². The first-order valence-electron chi connectivity index (χ1n) is 12.2. The first-order chi connectivity index (χ1) is 17.6. The zero-order valence-corrected chi connectivity index (χ0v) is 20.1. The Balaban J connectivity index is 1.20. The van der Waals surface area contributed by atoms with Crippen LogP contribution in [0.2, 0.25) is 0 Å². The van der Waals surface area contributed by atoms with Crippen molar-refractivity contribution in [3.8, 4) is 5.69 Å². The van der Waals surface area contributed by atoms with Gasteiger partial charge in [-0.2, -0.15) is 13.2 Å². The molecule has 0 aliphatic heterocycles. The number of rotatable bonds is 5. The van der Waals surface area contributed by atoms with Crippen LogP contribution < -0.4 is 5.32 Å². The van der Waals surface area contributed by atoms with Gasteiger partial charge in [-0.25, -0.2) is 4.39 Å². The van der Waals surface area contributed by atoms with E-state index in [9.17, 15) is 27.2 Å². The number of hydrogen-bond acceptors (Lipinski definition) is 2. The fraction of sp³-hybridized carbons (Fsp3) is 0.310. The van der Waals surface area contributed by atoms with E-state index in [0.717, 1.165) is 6.07 Å². The van der Waals surface area contributed by atoms with E-state index in [0.29, 0.717) is 34.5 Å². The number of ketones is 1. The number of aryl methyl sites for hydroxylation is 1. The number of amides is 1. The van der Waals surface area contributed by atoms with Crippen molar-refractivity contribution in [1.82, 2.24) is 9.88 Å². The van der Waals surface area contributed by atoms with Crippen molar-refractivity contribution >= 4 is 11.7 Å². The molecule has 1 aromatic heterocycles. The van der Waals surface area contributed by atoms with Crippen LogP contribution in [0.1, 0.15) is 33.7 Å². The van der Waals surface area contributed by atoms with Crippen molar-refractivity contribution in [2.75, 3.05) is 0 Å². The maximum Gasteiger partial charge on any atom is 0.418 e. The van der Waals surface area contributed by atoms with E-state index in [-0.39, 0.29) is 52.9 Å². The summed E-state index contributed by atoms with van der Waals surface area (Å²) in [6.45, 7) is 3.30. The van der Waals surface area contributed by atoms with Gasteiger partial charge in [0.25, 0.3) is 5.91 Å². The first kappa shape index (κ1) is 23.7. The monoisotopic (exact) mass is 508 g/mol. The van der Waals surface area contributed by atoms with Gasteiger partial charge in [0.2, 0.25) is 0 Å². The Labute approximate surface area is 211 Å². The number of fused-ring (bicyclic) bond motifs is 2. The Kier molecular flexibility index (Phi) is 5.23. The molecule has 1 N–H and O–H groups in total. The summed E-state index contributed by atoms with van der Waals surface area (Å²) < 4.78 is 56.0. The number of allylic oxidation sites excluding steroid dienone is 6. The molecule has 2 fully saturated rings. The minimum atomic E-state index is -4.53. The van der Waals surface area contributed by atoms with Gasteiger partial charge in [0.15, 0.2) is 5.78 Å². The molecule has 6 rings (SSSR count). The molecule has 8 heteroatoms. The number of Topliss-reactive ketones (excluding diaryl/α,β-unsaturated/α-hetero) is 1. The molecule has 4 aliphatic carbocycles. The van der Waals surface area contributed by atoms with Crippen LogP contribution >= 0.6 is 0 Å². The smallest absolute Gasteiger partial charge is 0.348 e. The second kappa shape index (κ2) is 8.16. The summed E-state index contributed by atoms with van der Waals surface area (Å²) >= 11 is 0. The lowest BCUT2D eigenvalue weighted by atomic mass is 9.92. The van der Waals surface area contributed by atoms with Crippen LogP contribution in [0.25, 0.3) is 5.69 Å². The van der Waals surface area contributed by atoms with Crippen molar-refractivity contribution in [3.05, 3.63) is 100 Å². The molecular weight excluding hydrogens is 484 g/mol. The quantitative estimate of drug-likeness (QED) is 0.508. The Morgan fingerprint density at radius 2 is 1.81 bits per heavy atom. The van der Waals surface area contributed by atoms with E-state index < -0.39 is 11.7 Å². The summed E-state index contributed by atoms with van der Waals surface area (Å²) in [5.41, 5.74) is 1.63. The largest absolute Gasteiger partial charge is 0.418 e. The van der Waals surface area contributed by atoms with Crippen LogP contribution in [0, 0.1) is 37.5 Å². The lowest BCUT2D eigenvalue weighted by molar-refractivity contribution is -0.137. The number of halogens is 4. The predicted octanol–water partition coefficient (Wildman–Crippen LogP) is 5.95. The number of carbonyl (C=O) groups excluding carboxylic acids is 2. The summed E-state index contributed by atoms with van der Waals surface area (Å²) in [4.78, 5) is 26.2. The highest BCUT2D eigenvalue weighted by Gasteiger charge is 2.51. The molecule has 0 radical (unpaired) electrons. The van der Waals surface area contributed by atoms with Crippen molar-refractivity contribution in [3.63, 3.8) is 0 Å². The van der Waals surface area contributed by atoms with Crippen LogP contribution in [0.15, 0.2) is 77.7 Å². The molecule has 0 spiro atoms. The van der Waals surface area contributed by atoms with E-state index in [4.69, 9.17) is 0 Å². The highest BCUT2D eigenvalue weighted by molar-refractivity contribution is 6.11. The lowest BCUT2D eigenvalue weighted by Crippen LogP contribution is -2.28. The van der Waals surface area contributed by atoms with Crippen LogP contribution in [0.5, 0.6) is 0 Å². The van der Waals surface area contributed by atoms with Gasteiger partial charge >= 0.3 is 6.18 Å². The number of nitrogens with zero attached hydrogens (tertiary/aromatic N) is 1. The number of carbonyl (C=O) groups is 2. The molecule has 1 amide bonds. The highest BCUT2D eigenvalue weighted by atomic mass is 19.4. The Hall–Kier alpha value is -3.68. The summed E-state index contributed by atoms with van der Waals surface area (Å²) in [5.74, 6) is -0.822. The maximum atomic E-state index is 13.7. The highest BCUT2D eigenvalue weighted by Crippen LogP contribution is 2.53. The summed E-state index contributed by atoms with van der Waals surface area (Å²) in [5, 5.41) is 3.00. The van der Waals surface area contributed by atoms with E-state index in [2.05, 4.69) is 5.32 Å². The first-order valence-corrected chi connectivity index (χ1v) is 12.2. The molecule has 37 heavy (non-hydrogen) atoms. The molecule has 1 aromatic carbocycles. The fourth-order valence-electron chi connectivity index (χ4n) is 5.82. The third-order valence-electron chi connectivity index (χ3n) is 7.92. The van der Waals surface area contributed by atoms with E-state index in [1.807, 2.05) is 12.2 Å².